The van der Waals surface area contributed by atoms with Gasteiger partial charge in [-0.05, 0) is 31.9 Å². The highest BCUT2D eigenvalue weighted by Crippen LogP contribution is 2.40. The average Bonchev–Trinajstić information content (AvgIpc) is 3.39. The predicted octanol–water partition coefficient (Wildman–Crippen LogP) is 3.77. The molecule has 1 aliphatic heterocycles. The number of anilines is 1. The van der Waals surface area contributed by atoms with Crippen LogP contribution in [0.25, 0.3) is 20.8 Å². The molecule has 2 aromatic heterocycles. The number of ether oxygens (including phenoxy) is 2. The summed E-state index contributed by atoms with van der Waals surface area (Å²) >= 11 is 1.42. The number of nitrogens with zero attached hydrogens (tertiary/aromatic N) is 1. The third kappa shape index (κ3) is 3.22. The van der Waals surface area contributed by atoms with Crippen molar-refractivity contribution >= 4 is 39.3 Å². The number of para-hydroxylation sites is 1. The summed E-state index contributed by atoms with van der Waals surface area (Å²) in [4.78, 5) is 29.5. The van der Waals surface area contributed by atoms with Crippen LogP contribution >= 0.6 is 11.3 Å². The highest BCUT2D eigenvalue weighted by atomic mass is 32.1. The van der Waals surface area contributed by atoms with Crippen molar-refractivity contribution in [2.45, 2.75) is 25.9 Å². The number of hydrogen-bond acceptors (Lipinski definition) is 7. The maximum Gasteiger partial charge on any atom is 0.342 e. The number of methoxy groups -OCH3 is 1. The minimum absolute atomic E-state index is 0.187. The lowest BCUT2D eigenvalue weighted by Crippen LogP contribution is -2.26. The Hall–Kier alpha value is -2.71. The number of rotatable bonds is 4. The van der Waals surface area contributed by atoms with Gasteiger partial charge in [0.15, 0.2) is 0 Å². The average molecular weight is 386 g/mol. The summed E-state index contributed by atoms with van der Waals surface area (Å²) in [5, 5.41) is 3.34. The van der Waals surface area contributed by atoms with Crippen molar-refractivity contribution in [3.8, 4) is 10.6 Å². The van der Waals surface area contributed by atoms with Crippen molar-refractivity contribution in [1.82, 2.24) is 4.98 Å². The molecular weight excluding hydrogens is 368 g/mol. The molecule has 0 spiro atoms. The van der Waals surface area contributed by atoms with Crippen LogP contribution in [0, 0.1) is 6.92 Å². The fourth-order valence-corrected chi connectivity index (χ4v) is 4.15. The molecule has 1 aromatic carbocycles. The molecule has 8 heteroatoms. The van der Waals surface area contributed by atoms with Crippen LogP contribution in [0.4, 0.5) is 5.88 Å². The highest BCUT2D eigenvalue weighted by molar-refractivity contribution is 7.21. The van der Waals surface area contributed by atoms with E-state index in [2.05, 4.69) is 10.3 Å². The number of aromatic nitrogens is 1. The van der Waals surface area contributed by atoms with E-state index >= 15 is 0 Å². The number of benzene rings is 1. The Morgan fingerprint density at radius 2 is 2.15 bits per heavy atom. The number of nitrogens with one attached hydrogen (secondary N) is 1. The topological polar surface area (TPSA) is 90.7 Å². The predicted molar refractivity (Wildman–Crippen MR) is 101 cm³/mol. The van der Waals surface area contributed by atoms with Gasteiger partial charge in [-0.25, -0.2) is 9.78 Å². The summed E-state index contributed by atoms with van der Waals surface area (Å²) in [6.45, 7) is 2.22. The SMILES string of the molecule is COC(=O)c1c(C)oc(NC(=O)C2CCCO2)c1-c1nc2ccccc2s1. The van der Waals surface area contributed by atoms with E-state index in [0.717, 1.165) is 16.6 Å². The van der Waals surface area contributed by atoms with Gasteiger partial charge in [0.05, 0.1) is 22.9 Å². The van der Waals surface area contributed by atoms with E-state index in [0.29, 0.717) is 29.4 Å². The molecule has 1 unspecified atom stereocenters. The zero-order valence-electron chi connectivity index (χ0n) is 14.9. The molecule has 0 saturated carbocycles. The van der Waals surface area contributed by atoms with Crippen molar-refractivity contribution < 1.29 is 23.5 Å². The van der Waals surface area contributed by atoms with Gasteiger partial charge in [-0.1, -0.05) is 12.1 Å². The molecule has 1 saturated heterocycles. The van der Waals surface area contributed by atoms with Crippen LogP contribution < -0.4 is 5.32 Å². The summed E-state index contributed by atoms with van der Waals surface area (Å²) in [5.74, 6) is -0.283. The molecule has 1 atom stereocenters. The lowest BCUT2D eigenvalue weighted by Gasteiger charge is -2.09. The quantitative estimate of drug-likeness (QED) is 0.687. The third-order valence-electron chi connectivity index (χ3n) is 4.44. The van der Waals surface area contributed by atoms with Gasteiger partial charge in [0.1, 0.15) is 22.4 Å². The minimum atomic E-state index is -0.539. The number of esters is 1. The van der Waals surface area contributed by atoms with Gasteiger partial charge >= 0.3 is 5.97 Å². The summed E-state index contributed by atoms with van der Waals surface area (Å²) in [5.41, 5.74) is 1.51. The molecule has 1 amide bonds. The monoisotopic (exact) mass is 386 g/mol. The fourth-order valence-electron chi connectivity index (χ4n) is 3.14. The Labute approximate surface area is 159 Å². The number of thiazole rings is 1. The van der Waals surface area contributed by atoms with Crippen molar-refractivity contribution in [1.29, 1.82) is 0 Å². The first-order valence-electron chi connectivity index (χ1n) is 8.58. The summed E-state index contributed by atoms with van der Waals surface area (Å²) in [6.07, 6.45) is 0.986. The van der Waals surface area contributed by atoms with Gasteiger partial charge in [0, 0.05) is 6.61 Å². The van der Waals surface area contributed by atoms with Gasteiger partial charge in [-0.2, -0.15) is 0 Å². The Morgan fingerprint density at radius 3 is 2.85 bits per heavy atom. The van der Waals surface area contributed by atoms with Crippen molar-refractivity contribution in [2.75, 3.05) is 19.0 Å². The van der Waals surface area contributed by atoms with Crippen LogP contribution in [-0.2, 0) is 14.3 Å². The molecule has 3 heterocycles. The molecule has 140 valence electrons. The van der Waals surface area contributed by atoms with Gasteiger partial charge in [0.25, 0.3) is 5.91 Å². The third-order valence-corrected chi connectivity index (χ3v) is 5.49. The van der Waals surface area contributed by atoms with E-state index < -0.39 is 12.1 Å². The molecular formula is C19H18N2O5S. The second-order valence-corrected chi connectivity index (χ2v) is 7.24. The van der Waals surface area contributed by atoms with Crippen LogP contribution in [0.3, 0.4) is 0 Å². The van der Waals surface area contributed by atoms with Crippen LogP contribution in [0.15, 0.2) is 28.7 Å². The Kier molecular flexibility index (Phi) is 4.67. The summed E-state index contributed by atoms with van der Waals surface area (Å²) in [6, 6.07) is 7.66. The lowest BCUT2D eigenvalue weighted by molar-refractivity contribution is -0.124. The fraction of sp³-hybridized carbons (Fsp3) is 0.316. The zero-order valence-corrected chi connectivity index (χ0v) is 15.7. The van der Waals surface area contributed by atoms with Crippen LogP contribution in [-0.4, -0.2) is 36.7 Å². The first kappa shape index (κ1) is 17.7. The molecule has 4 rings (SSSR count). The molecule has 0 bridgehead atoms. The molecule has 0 radical (unpaired) electrons. The number of fused-ring (bicyclic) bond motifs is 1. The van der Waals surface area contributed by atoms with E-state index in [1.807, 2.05) is 24.3 Å². The van der Waals surface area contributed by atoms with Crippen LogP contribution in [0.5, 0.6) is 0 Å². The van der Waals surface area contributed by atoms with E-state index in [-0.39, 0.29) is 17.4 Å². The summed E-state index contributed by atoms with van der Waals surface area (Å²) in [7, 11) is 1.31. The number of amides is 1. The van der Waals surface area contributed by atoms with Crippen LogP contribution in [0.1, 0.15) is 29.0 Å². The Balaban J connectivity index is 1.81. The maximum atomic E-state index is 12.5. The number of hydrogen-bond donors (Lipinski definition) is 1. The Morgan fingerprint density at radius 1 is 1.33 bits per heavy atom. The molecule has 3 aromatic rings. The standard InChI is InChI=1S/C19H18N2O5S/c1-10-14(19(23)24-2)15(18-20-11-6-3-4-8-13(11)27-18)17(26-10)21-16(22)12-7-5-9-25-12/h3-4,6,8,12H,5,7,9H2,1-2H3,(H,21,22). The van der Waals surface area contributed by atoms with Crippen molar-refractivity contribution in [3.63, 3.8) is 0 Å². The molecule has 7 nitrogen and oxygen atoms in total. The molecule has 1 fully saturated rings. The smallest absolute Gasteiger partial charge is 0.342 e. The normalized spacial score (nSPS) is 16.6. The van der Waals surface area contributed by atoms with Crippen molar-refractivity contribution in [2.24, 2.45) is 0 Å². The van der Waals surface area contributed by atoms with E-state index in [1.165, 1.54) is 18.4 Å². The minimum Gasteiger partial charge on any atom is -0.465 e. The van der Waals surface area contributed by atoms with Gasteiger partial charge in [-0.15, -0.1) is 11.3 Å². The number of carbonyl (C=O) groups excluding carboxylic acids is 2. The van der Waals surface area contributed by atoms with E-state index in [4.69, 9.17) is 13.9 Å². The molecule has 1 aliphatic rings. The number of carbonyl (C=O) groups is 2. The molecule has 27 heavy (non-hydrogen) atoms. The molecule has 0 aliphatic carbocycles. The maximum absolute atomic E-state index is 12.5. The highest BCUT2D eigenvalue weighted by Gasteiger charge is 2.31. The van der Waals surface area contributed by atoms with Crippen molar-refractivity contribution in [3.05, 3.63) is 35.6 Å². The van der Waals surface area contributed by atoms with Crippen LogP contribution in [0.2, 0.25) is 0 Å². The first-order chi connectivity index (χ1) is 13.1. The van der Waals surface area contributed by atoms with Gasteiger partial charge in [-0.3, -0.25) is 10.1 Å². The number of aryl methyl sites for hydroxylation is 1. The van der Waals surface area contributed by atoms with E-state index in [1.54, 1.807) is 6.92 Å². The second-order valence-electron chi connectivity index (χ2n) is 6.21. The van der Waals surface area contributed by atoms with Gasteiger partial charge in [0.2, 0.25) is 5.88 Å². The number of furan rings is 1. The Bertz CT molecular complexity index is 983. The lowest BCUT2D eigenvalue weighted by atomic mass is 10.1. The first-order valence-corrected chi connectivity index (χ1v) is 9.40. The molecule has 1 N–H and O–H groups in total. The summed E-state index contributed by atoms with van der Waals surface area (Å²) < 4.78 is 17.0. The second kappa shape index (κ2) is 7.13. The zero-order chi connectivity index (χ0) is 19.0. The largest absolute Gasteiger partial charge is 0.465 e. The van der Waals surface area contributed by atoms with E-state index in [9.17, 15) is 9.59 Å². The van der Waals surface area contributed by atoms with Gasteiger partial charge < -0.3 is 13.9 Å².